The Kier molecular flexibility index (Phi) is 10.1. The van der Waals surface area contributed by atoms with Crippen LogP contribution in [0.2, 0.25) is 0 Å². The molecule has 0 aliphatic carbocycles. The van der Waals surface area contributed by atoms with Crippen LogP contribution in [0.4, 0.5) is 22.2 Å². The summed E-state index contributed by atoms with van der Waals surface area (Å²) in [5, 5.41) is 6.72. The number of hydrogen-bond donors (Lipinski definition) is 2. The molecule has 0 atom stereocenters. The van der Waals surface area contributed by atoms with E-state index in [1.165, 1.54) is 25.9 Å². The Morgan fingerprint density at radius 1 is 1.08 bits per heavy atom. The molecule has 2 aliphatic rings. The highest BCUT2D eigenvalue weighted by atomic mass is 16.6. The maximum Gasteiger partial charge on any atom is 0.410 e. The van der Waals surface area contributed by atoms with Crippen molar-refractivity contribution in [2.24, 2.45) is 5.92 Å². The first kappa shape index (κ1) is 28.7. The third-order valence-electron chi connectivity index (χ3n) is 6.98. The number of methoxy groups -OCH3 is 1. The number of nitrogens with one attached hydrogen (secondary N) is 2. The number of rotatable bonds is 11. The van der Waals surface area contributed by atoms with Crippen molar-refractivity contribution >= 4 is 23.5 Å². The first-order valence-electron chi connectivity index (χ1n) is 14.1. The van der Waals surface area contributed by atoms with Gasteiger partial charge < -0.3 is 34.6 Å². The van der Waals surface area contributed by atoms with E-state index in [1.54, 1.807) is 18.2 Å². The van der Waals surface area contributed by atoms with Crippen LogP contribution in [0, 0.1) is 5.92 Å². The number of ether oxygens (including phenoxy) is 3. The number of anilines is 3. The number of carbonyl (C=O) groups excluding carboxylic acids is 1. The summed E-state index contributed by atoms with van der Waals surface area (Å²) in [4.78, 5) is 25.6. The first-order chi connectivity index (χ1) is 18.8. The minimum absolute atomic E-state index is 0.231. The van der Waals surface area contributed by atoms with Crippen LogP contribution in [-0.2, 0) is 4.74 Å². The molecule has 1 aromatic heterocycles. The summed E-state index contributed by atoms with van der Waals surface area (Å²) in [5.41, 5.74) is 0.392. The number of amides is 1. The number of hydrogen-bond acceptors (Lipinski definition) is 9. The van der Waals surface area contributed by atoms with Crippen LogP contribution in [0.1, 0.15) is 52.9 Å². The van der Waals surface area contributed by atoms with E-state index in [0.717, 1.165) is 38.0 Å². The van der Waals surface area contributed by atoms with E-state index in [0.29, 0.717) is 48.9 Å². The number of piperidine rings is 1. The van der Waals surface area contributed by atoms with Crippen LogP contribution in [0.15, 0.2) is 30.5 Å². The lowest BCUT2D eigenvalue weighted by atomic mass is 9.97. The zero-order valence-corrected chi connectivity index (χ0v) is 23.9. The molecule has 0 radical (unpaired) electrons. The third-order valence-corrected chi connectivity index (χ3v) is 6.98. The molecule has 1 amide bonds. The molecule has 2 aromatic rings. The molecule has 0 spiro atoms. The molecule has 4 rings (SSSR count). The van der Waals surface area contributed by atoms with Gasteiger partial charge in [-0.2, -0.15) is 4.98 Å². The van der Waals surface area contributed by atoms with Crippen LogP contribution >= 0.6 is 0 Å². The van der Waals surface area contributed by atoms with Gasteiger partial charge in [0.15, 0.2) is 11.5 Å². The highest BCUT2D eigenvalue weighted by Gasteiger charge is 2.26. The standard InChI is InChI=1S/C29H44N6O4/c1-29(2,3)39-28(36)35-17-11-22(12-18-35)21-31-27-30-13-10-26(33-27)32-23-8-9-24(37-4)25(20-23)38-19-7-16-34-14-5-6-15-34/h8-10,13,20,22H,5-7,11-12,14-19,21H2,1-4H3,(H2,30,31,32,33). The molecule has 0 bridgehead atoms. The monoisotopic (exact) mass is 540 g/mol. The third kappa shape index (κ3) is 9.16. The largest absolute Gasteiger partial charge is 0.493 e. The molecule has 2 saturated heterocycles. The van der Waals surface area contributed by atoms with Gasteiger partial charge in [-0.3, -0.25) is 0 Å². The van der Waals surface area contributed by atoms with Gasteiger partial charge in [0.25, 0.3) is 0 Å². The topological polar surface area (TPSA) is 101 Å². The molecule has 3 heterocycles. The number of benzene rings is 1. The van der Waals surface area contributed by atoms with E-state index in [2.05, 4.69) is 25.5 Å². The highest BCUT2D eigenvalue weighted by Crippen LogP contribution is 2.31. The fraction of sp³-hybridized carbons (Fsp3) is 0.621. The Balaban J connectivity index is 1.24. The van der Waals surface area contributed by atoms with Crippen molar-refractivity contribution in [2.45, 2.75) is 58.5 Å². The first-order valence-corrected chi connectivity index (χ1v) is 14.1. The van der Waals surface area contributed by atoms with Gasteiger partial charge in [0, 0.05) is 44.1 Å². The second-order valence-electron chi connectivity index (χ2n) is 11.3. The summed E-state index contributed by atoms with van der Waals surface area (Å²) in [7, 11) is 1.66. The SMILES string of the molecule is COc1ccc(Nc2ccnc(NCC3CCN(C(=O)OC(C)(C)C)CC3)n2)cc1OCCCN1CCCC1. The van der Waals surface area contributed by atoms with Crippen molar-refractivity contribution in [3.05, 3.63) is 30.5 Å². The summed E-state index contributed by atoms with van der Waals surface area (Å²) < 4.78 is 17.1. The second kappa shape index (κ2) is 13.7. The Labute approximate surface area is 232 Å². The second-order valence-corrected chi connectivity index (χ2v) is 11.3. The Morgan fingerprint density at radius 3 is 2.56 bits per heavy atom. The molecule has 10 nitrogen and oxygen atoms in total. The predicted octanol–water partition coefficient (Wildman–Crippen LogP) is 5.15. The van der Waals surface area contributed by atoms with E-state index in [4.69, 9.17) is 14.2 Å². The van der Waals surface area contributed by atoms with Crippen LogP contribution in [0.3, 0.4) is 0 Å². The van der Waals surface area contributed by atoms with Crippen LogP contribution < -0.4 is 20.1 Å². The van der Waals surface area contributed by atoms with E-state index >= 15 is 0 Å². The summed E-state index contributed by atoms with van der Waals surface area (Å²) in [6.07, 6.45) is 6.93. The average molecular weight is 541 g/mol. The van der Waals surface area contributed by atoms with Gasteiger partial charge in [-0.1, -0.05) is 0 Å². The van der Waals surface area contributed by atoms with E-state index in [1.807, 2.05) is 45.0 Å². The maximum atomic E-state index is 12.3. The van der Waals surface area contributed by atoms with E-state index in [-0.39, 0.29) is 6.09 Å². The molecule has 214 valence electrons. The van der Waals surface area contributed by atoms with Crippen molar-refractivity contribution in [2.75, 3.05) is 63.6 Å². The van der Waals surface area contributed by atoms with Crippen molar-refractivity contribution in [3.63, 3.8) is 0 Å². The van der Waals surface area contributed by atoms with Gasteiger partial charge in [-0.05, 0) is 90.1 Å². The van der Waals surface area contributed by atoms with Gasteiger partial charge in [-0.15, -0.1) is 0 Å². The molecule has 10 heteroatoms. The summed E-state index contributed by atoms with van der Waals surface area (Å²) in [6, 6.07) is 7.64. The highest BCUT2D eigenvalue weighted by molar-refractivity contribution is 5.68. The lowest BCUT2D eigenvalue weighted by Gasteiger charge is -2.33. The Hall–Kier alpha value is -3.27. The predicted molar refractivity (Wildman–Crippen MR) is 153 cm³/mol. The van der Waals surface area contributed by atoms with Gasteiger partial charge >= 0.3 is 6.09 Å². The summed E-state index contributed by atoms with van der Waals surface area (Å²) >= 11 is 0. The summed E-state index contributed by atoms with van der Waals surface area (Å²) in [6.45, 7) is 11.9. The molecular formula is C29H44N6O4. The Bertz CT molecular complexity index is 1060. The Morgan fingerprint density at radius 2 is 1.85 bits per heavy atom. The molecule has 0 saturated carbocycles. The smallest absolute Gasteiger partial charge is 0.410 e. The number of carbonyl (C=O) groups is 1. The zero-order chi connectivity index (χ0) is 27.7. The lowest BCUT2D eigenvalue weighted by Crippen LogP contribution is -2.42. The number of likely N-dealkylation sites (tertiary alicyclic amines) is 2. The van der Waals surface area contributed by atoms with Crippen molar-refractivity contribution in [3.8, 4) is 11.5 Å². The van der Waals surface area contributed by atoms with E-state index < -0.39 is 5.60 Å². The quantitative estimate of drug-likeness (QED) is 0.375. The van der Waals surface area contributed by atoms with Gasteiger partial charge in [-0.25, -0.2) is 9.78 Å². The molecule has 2 N–H and O–H groups in total. The minimum atomic E-state index is -0.473. The fourth-order valence-corrected chi connectivity index (χ4v) is 4.89. The molecule has 2 aliphatic heterocycles. The zero-order valence-electron chi connectivity index (χ0n) is 23.9. The molecule has 1 aromatic carbocycles. The van der Waals surface area contributed by atoms with Gasteiger partial charge in [0.05, 0.1) is 13.7 Å². The maximum absolute atomic E-state index is 12.3. The fourth-order valence-electron chi connectivity index (χ4n) is 4.89. The minimum Gasteiger partial charge on any atom is -0.493 e. The molecule has 0 unspecified atom stereocenters. The van der Waals surface area contributed by atoms with E-state index in [9.17, 15) is 4.79 Å². The number of aromatic nitrogens is 2. The molecule has 39 heavy (non-hydrogen) atoms. The van der Waals surface area contributed by atoms with Crippen LogP contribution in [-0.4, -0.2) is 84.4 Å². The average Bonchev–Trinajstić information content (AvgIpc) is 3.43. The van der Waals surface area contributed by atoms with Crippen molar-refractivity contribution < 1.29 is 19.0 Å². The summed E-state index contributed by atoms with van der Waals surface area (Å²) in [5.74, 6) is 3.13. The van der Waals surface area contributed by atoms with Crippen LogP contribution in [0.25, 0.3) is 0 Å². The normalized spacial score (nSPS) is 16.7. The van der Waals surface area contributed by atoms with Gasteiger partial charge in [0.2, 0.25) is 5.95 Å². The van der Waals surface area contributed by atoms with Crippen LogP contribution in [0.5, 0.6) is 11.5 Å². The van der Waals surface area contributed by atoms with Gasteiger partial charge in [0.1, 0.15) is 11.4 Å². The molecule has 2 fully saturated rings. The van der Waals surface area contributed by atoms with Crippen molar-refractivity contribution in [1.82, 2.24) is 19.8 Å². The molecular weight excluding hydrogens is 496 g/mol. The van der Waals surface area contributed by atoms with Crippen molar-refractivity contribution in [1.29, 1.82) is 0 Å². The lowest BCUT2D eigenvalue weighted by molar-refractivity contribution is 0.0188. The number of nitrogens with zero attached hydrogens (tertiary/aromatic N) is 4.